The maximum absolute atomic E-state index is 12.5. The molecule has 1 amide bonds. The molecule has 0 spiro atoms. The number of carbonyl (C=O) groups is 1. The molecule has 2 nitrogen and oxygen atoms in total. The van der Waals surface area contributed by atoms with Gasteiger partial charge in [-0.1, -0.05) is 70.1 Å². The van der Waals surface area contributed by atoms with Crippen molar-refractivity contribution in [2.45, 2.75) is 11.5 Å². The third kappa shape index (κ3) is 3.75. The lowest BCUT2D eigenvalue weighted by atomic mass is 10.0. The Bertz CT molecular complexity index is 892. The maximum Gasteiger partial charge on any atom is 0.255 e. The second-order valence-electron chi connectivity index (χ2n) is 5.91. The van der Waals surface area contributed by atoms with Crippen LogP contribution >= 0.6 is 21.6 Å². The normalized spacial score (nSPS) is 13.1. The Morgan fingerprint density at radius 2 is 1.44 bits per heavy atom. The maximum atomic E-state index is 12.5. The van der Waals surface area contributed by atoms with E-state index in [0.29, 0.717) is 5.56 Å². The summed E-state index contributed by atoms with van der Waals surface area (Å²) in [5.41, 5.74) is 6.49. The molecule has 0 atom stereocenters. The number of hydrogen-bond acceptors (Lipinski definition) is 3. The highest BCUT2D eigenvalue weighted by Crippen LogP contribution is 2.37. The molecule has 0 aliphatic carbocycles. The SMILES string of the molecule is O=C(Nc1ccc2c(c1)CSSC2)c1ccc(-c2ccccc2)cc1. The number of hydrogen-bond donors (Lipinski definition) is 1. The van der Waals surface area contributed by atoms with Crippen molar-refractivity contribution in [1.29, 1.82) is 0 Å². The van der Waals surface area contributed by atoms with E-state index < -0.39 is 0 Å². The monoisotopic (exact) mass is 363 g/mol. The van der Waals surface area contributed by atoms with Crippen molar-refractivity contribution in [2.75, 3.05) is 5.32 Å². The molecular formula is C21H17NOS2. The van der Waals surface area contributed by atoms with Crippen LogP contribution in [-0.4, -0.2) is 5.91 Å². The number of rotatable bonds is 3. The summed E-state index contributed by atoms with van der Waals surface area (Å²) in [5.74, 6) is 1.96. The van der Waals surface area contributed by atoms with Gasteiger partial charge in [0, 0.05) is 22.8 Å². The molecule has 0 radical (unpaired) electrons. The van der Waals surface area contributed by atoms with Crippen LogP contribution in [0.15, 0.2) is 72.8 Å². The first-order valence-electron chi connectivity index (χ1n) is 8.13. The lowest BCUT2D eigenvalue weighted by Gasteiger charge is -2.16. The molecule has 0 unspecified atom stereocenters. The van der Waals surface area contributed by atoms with E-state index in [1.54, 1.807) is 0 Å². The molecule has 124 valence electrons. The first kappa shape index (κ1) is 16.3. The Balaban J connectivity index is 1.49. The molecule has 0 saturated carbocycles. The van der Waals surface area contributed by atoms with Gasteiger partial charge in [0.2, 0.25) is 0 Å². The molecule has 0 fully saturated rings. The Labute approximate surface area is 155 Å². The van der Waals surface area contributed by atoms with Crippen LogP contribution in [0, 0.1) is 0 Å². The number of carbonyl (C=O) groups excluding carboxylic acids is 1. The molecule has 0 saturated heterocycles. The van der Waals surface area contributed by atoms with E-state index in [4.69, 9.17) is 0 Å². The van der Waals surface area contributed by atoms with E-state index in [1.165, 1.54) is 11.1 Å². The first-order valence-corrected chi connectivity index (χ1v) is 10.6. The van der Waals surface area contributed by atoms with Crippen LogP contribution in [-0.2, 0) is 11.5 Å². The van der Waals surface area contributed by atoms with Gasteiger partial charge in [0.1, 0.15) is 0 Å². The first-order chi connectivity index (χ1) is 12.3. The zero-order chi connectivity index (χ0) is 17.1. The number of amides is 1. The molecule has 25 heavy (non-hydrogen) atoms. The lowest BCUT2D eigenvalue weighted by molar-refractivity contribution is 0.102. The van der Waals surface area contributed by atoms with Gasteiger partial charge in [0.05, 0.1) is 0 Å². The fraction of sp³-hybridized carbons (Fsp3) is 0.0952. The fourth-order valence-electron chi connectivity index (χ4n) is 2.84. The van der Waals surface area contributed by atoms with Gasteiger partial charge in [-0.05, 0) is 46.5 Å². The quantitative estimate of drug-likeness (QED) is 0.579. The summed E-state index contributed by atoms with van der Waals surface area (Å²) in [7, 11) is 3.75. The average molecular weight is 364 g/mol. The van der Waals surface area contributed by atoms with Crippen LogP contribution in [0.2, 0.25) is 0 Å². The topological polar surface area (TPSA) is 29.1 Å². The third-order valence-electron chi connectivity index (χ3n) is 4.23. The number of anilines is 1. The van der Waals surface area contributed by atoms with Crippen molar-refractivity contribution in [1.82, 2.24) is 0 Å². The fourth-order valence-corrected chi connectivity index (χ4v) is 5.07. The minimum absolute atomic E-state index is 0.0719. The Morgan fingerprint density at radius 1 is 0.760 bits per heavy atom. The summed E-state index contributed by atoms with van der Waals surface area (Å²) in [4.78, 5) is 12.5. The highest BCUT2D eigenvalue weighted by Gasteiger charge is 2.12. The molecule has 4 heteroatoms. The van der Waals surface area contributed by atoms with Crippen LogP contribution in [0.3, 0.4) is 0 Å². The van der Waals surface area contributed by atoms with Gasteiger partial charge in [0.15, 0.2) is 0 Å². The second-order valence-corrected chi connectivity index (χ2v) is 8.37. The lowest BCUT2D eigenvalue weighted by Crippen LogP contribution is -2.12. The van der Waals surface area contributed by atoms with E-state index in [-0.39, 0.29) is 5.91 Å². The average Bonchev–Trinajstić information content (AvgIpc) is 2.69. The van der Waals surface area contributed by atoms with Crippen molar-refractivity contribution in [2.24, 2.45) is 0 Å². The number of fused-ring (bicyclic) bond motifs is 1. The standard InChI is InChI=1S/C21H17NOS2/c23-21(22-20-11-10-18-13-24-25-14-19(18)12-20)17-8-6-16(7-9-17)15-4-2-1-3-5-15/h1-12H,13-14H2,(H,22,23). The third-order valence-corrected chi connectivity index (χ3v) is 6.46. The highest BCUT2D eigenvalue weighted by molar-refractivity contribution is 8.76. The van der Waals surface area contributed by atoms with Crippen molar-refractivity contribution in [3.05, 3.63) is 89.5 Å². The smallest absolute Gasteiger partial charge is 0.255 e. The van der Waals surface area contributed by atoms with Crippen molar-refractivity contribution in [3.63, 3.8) is 0 Å². The Morgan fingerprint density at radius 3 is 2.20 bits per heavy atom. The number of nitrogens with one attached hydrogen (secondary N) is 1. The molecular weight excluding hydrogens is 346 g/mol. The predicted molar refractivity (Wildman–Crippen MR) is 109 cm³/mol. The van der Waals surface area contributed by atoms with Gasteiger partial charge in [-0.2, -0.15) is 0 Å². The van der Waals surface area contributed by atoms with E-state index in [2.05, 4.69) is 29.6 Å². The minimum atomic E-state index is -0.0719. The summed E-state index contributed by atoms with van der Waals surface area (Å²) in [6, 6.07) is 24.1. The molecule has 3 aromatic carbocycles. The predicted octanol–water partition coefficient (Wildman–Crippen LogP) is 6.00. The van der Waals surface area contributed by atoms with E-state index in [0.717, 1.165) is 28.3 Å². The molecule has 1 N–H and O–H groups in total. The van der Waals surface area contributed by atoms with Crippen molar-refractivity contribution in [3.8, 4) is 11.1 Å². The van der Waals surface area contributed by atoms with Crippen LogP contribution in [0.5, 0.6) is 0 Å². The summed E-state index contributed by atoms with van der Waals surface area (Å²) < 4.78 is 0. The van der Waals surface area contributed by atoms with E-state index in [9.17, 15) is 4.79 Å². The van der Waals surface area contributed by atoms with E-state index >= 15 is 0 Å². The summed E-state index contributed by atoms with van der Waals surface area (Å²) in [6.45, 7) is 0. The summed E-state index contributed by atoms with van der Waals surface area (Å²) in [5, 5.41) is 3.01. The molecule has 1 aliphatic heterocycles. The molecule has 0 aromatic heterocycles. The zero-order valence-electron chi connectivity index (χ0n) is 13.6. The molecule has 1 aliphatic rings. The Kier molecular flexibility index (Phi) is 4.81. The van der Waals surface area contributed by atoms with Gasteiger partial charge in [-0.3, -0.25) is 4.79 Å². The number of benzene rings is 3. The van der Waals surface area contributed by atoms with Gasteiger partial charge < -0.3 is 5.32 Å². The molecule has 3 aromatic rings. The summed E-state index contributed by atoms with van der Waals surface area (Å²) >= 11 is 0. The second kappa shape index (κ2) is 7.38. The van der Waals surface area contributed by atoms with Crippen LogP contribution < -0.4 is 5.32 Å². The van der Waals surface area contributed by atoms with Gasteiger partial charge in [0.25, 0.3) is 5.91 Å². The van der Waals surface area contributed by atoms with Crippen molar-refractivity contribution < 1.29 is 4.79 Å². The zero-order valence-corrected chi connectivity index (χ0v) is 15.2. The van der Waals surface area contributed by atoms with E-state index in [1.807, 2.05) is 70.1 Å². The molecule has 0 bridgehead atoms. The summed E-state index contributed by atoms with van der Waals surface area (Å²) in [6.07, 6.45) is 0. The van der Waals surface area contributed by atoms with Gasteiger partial charge >= 0.3 is 0 Å². The molecule has 4 rings (SSSR count). The molecule has 1 heterocycles. The largest absolute Gasteiger partial charge is 0.322 e. The van der Waals surface area contributed by atoms with Crippen LogP contribution in [0.4, 0.5) is 5.69 Å². The minimum Gasteiger partial charge on any atom is -0.322 e. The van der Waals surface area contributed by atoms with Crippen LogP contribution in [0.1, 0.15) is 21.5 Å². The van der Waals surface area contributed by atoms with Crippen LogP contribution in [0.25, 0.3) is 11.1 Å². The van der Waals surface area contributed by atoms with Gasteiger partial charge in [-0.25, -0.2) is 0 Å². The van der Waals surface area contributed by atoms with Gasteiger partial charge in [-0.15, -0.1) is 0 Å². The Hall–Kier alpha value is -2.17. The van der Waals surface area contributed by atoms with Crippen molar-refractivity contribution >= 4 is 33.2 Å². The highest BCUT2D eigenvalue weighted by atomic mass is 33.1.